The van der Waals surface area contributed by atoms with Crippen LogP contribution in [0.4, 0.5) is 5.69 Å². The topological polar surface area (TPSA) is 191 Å². The Morgan fingerprint density at radius 2 is 1.52 bits per heavy atom. The van der Waals surface area contributed by atoms with E-state index in [-0.39, 0.29) is 42.2 Å². The summed E-state index contributed by atoms with van der Waals surface area (Å²) in [6, 6.07) is 12.3. The standard InChI is InChI=1S/C48H56Cl2N6O7/c1-8-30-23(2)32-22-37-40(27(6)57)25(4)34(52-37)20-33-24(3)31(13-14-39(58)53-38(47(60)61)19-28-9-11-29(12-10-28)56(17-15-49)18-16-50)44(54-33)42-43(48(62)63-7)46(59)41-26(5)35(55-45(41)42)21-36(30)51-32/h9-12,20-24,30-31,38-39,43,52-53,55,58H,8,13-19H2,1-7H3,(H,60,61)/t23-,24+,30-,31+,38?,39?,43?/m1/s1. The van der Waals surface area contributed by atoms with Crippen LogP contribution in [0.3, 0.4) is 0 Å². The van der Waals surface area contributed by atoms with Crippen LogP contribution in [0.25, 0.3) is 22.1 Å². The summed E-state index contributed by atoms with van der Waals surface area (Å²) in [5.41, 5.74) is 9.91. The van der Waals surface area contributed by atoms with Crippen LogP contribution in [0.1, 0.15) is 142 Å². The molecule has 3 unspecified atom stereocenters. The van der Waals surface area contributed by atoms with Gasteiger partial charge in [-0.3, -0.25) is 34.5 Å². The summed E-state index contributed by atoms with van der Waals surface area (Å²) in [5.74, 6) is -3.28. The number of hydrogen-bond donors (Lipinski definition) is 5. The van der Waals surface area contributed by atoms with Crippen molar-refractivity contribution < 1.29 is 34.1 Å². The first-order chi connectivity index (χ1) is 30.1. The number of halogens is 2. The second kappa shape index (κ2) is 18.9. The average Bonchev–Trinajstić information content (AvgIpc) is 4.00. The molecule has 1 aromatic carbocycles. The number of ether oxygens (including phenoxy) is 1. The Morgan fingerprint density at radius 1 is 0.905 bits per heavy atom. The second-order valence-corrected chi connectivity index (χ2v) is 17.8. The first-order valence-electron chi connectivity index (χ1n) is 21.7. The van der Waals surface area contributed by atoms with Crippen LogP contribution in [0.2, 0.25) is 0 Å². The van der Waals surface area contributed by atoms with Crippen LogP contribution in [0.5, 0.6) is 0 Å². The van der Waals surface area contributed by atoms with Gasteiger partial charge in [0.2, 0.25) is 0 Å². The van der Waals surface area contributed by atoms with E-state index in [1.165, 1.54) is 7.11 Å². The van der Waals surface area contributed by atoms with E-state index in [2.05, 4.69) is 34.0 Å². The van der Waals surface area contributed by atoms with E-state index in [0.717, 1.165) is 34.6 Å². The fraction of sp³-hybridized carbons (Fsp3) is 0.458. The monoisotopic (exact) mass is 898 g/mol. The van der Waals surface area contributed by atoms with Gasteiger partial charge in [-0.15, -0.1) is 23.2 Å². The minimum absolute atomic E-state index is 0.0560. The van der Waals surface area contributed by atoms with Crippen LogP contribution >= 0.6 is 23.2 Å². The normalized spacial score (nSPS) is 20.2. The Balaban J connectivity index is 1.31. The average molecular weight is 900 g/mol. The van der Waals surface area contributed by atoms with Crippen LogP contribution in [-0.2, 0) is 20.7 Å². The number of aliphatic carboxylic acids is 1. The molecular weight excluding hydrogens is 843 g/mol. The predicted octanol–water partition coefficient (Wildman–Crippen LogP) is 8.44. The maximum Gasteiger partial charge on any atom is 0.321 e. The quantitative estimate of drug-likeness (QED) is 0.0239. The lowest BCUT2D eigenvalue weighted by molar-refractivity contribution is -0.141. The Bertz CT molecular complexity index is 2600. The molecule has 13 nitrogen and oxygen atoms in total. The summed E-state index contributed by atoms with van der Waals surface area (Å²) in [4.78, 5) is 73.2. The summed E-state index contributed by atoms with van der Waals surface area (Å²) < 4.78 is 5.26. The number of aryl methyl sites for hydroxylation is 2. The zero-order valence-electron chi connectivity index (χ0n) is 36.8. The van der Waals surface area contributed by atoms with Gasteiger partial charge in [0.15, 0.2) is 11.6 Å². The SMILES string of the molecule is CC[C@H]1c2cc3[nH]c4c(c3C)C(=O)C(C(=O)OC)c4c3nc(cc4[nH]c(cc(n2)[C@@H]1C)c(C(C)=O)c4C)[C@@H](C)[C@@H]3CCC(O)NC(Cc1ccc(N(CCCl)CCCl)cc1)C(=O)O. The van der Waals surface area contributed by atoms with Crippen molar-refractivity contribution in [3.05, 3.63) is 98.6 Å². The lowest BCUT2D eigenvalue weighted by atomic mass is 9.83. The minimum Gasteiger partial charge on any atom is -0.480 e. The van der Waals surface area contributed by atoms with Crippen molar-refractivity contribution in [1.29, 1.82) is 0 Å². The van der Waals surface area contributed by atoms with Crippen LogP contribution in [0.15, 0.2) is 42.5 Å². The zero-order valence-corrected chi connectivity index (χ0v) is 38.3. The minimum atomic E-state index is -1.27. The summed E-state index contributed by atoms with van der Waals surface area (Å²) in [7, 11) is 1.26. The molecule has 0 saturated heterocycles. The number of H-pyrrole nitrogens is 2. The molecule has 7 atom stereocenters. The number of aromatic amines is 2. The van der Waals surface area contributed by atoms with Gasteiger partial charge >= 0.3 is 11.9 Å². The molecule has 0 radical (unpaired) electrons. The number of nitrogens with one attached hydrogen (secondary N) is 3. The van der Waals surface area contributed by atoms with Crippen molar-refractivity contribution in [1.82, 2.24) is 25.3 Å². The van der Waals surface area contributed by atoms with Crippen LogP contribution in [0, 0.1) is 13.8 Å². The van der Waals surface area contributed by atoms with Gasteiger partial charge in [-0.1, -0.05) is 32.9 Å². The van der Waals surface area contributed by atoms with E-state index in [1.54, 1.807) is 6.92 Å². The van der Waals surface area contributed by atoms with Gasteiger partial charge < -0.3 is 29.8 Å². The number of rotatable bonds is 16. The number of nitrogens with zero attached hydrogens (tertiary/aromatic N) is 3. The van der Waals surface area contributed by atoms with Crippen LogP contribution < -0.4 is 10.2 Å². The molecule has 63 heavy (non-hydrogen) atoms. The molecule has 4 aromatic rings. The number of methoxy groups -OCH3 is 1. The molecule has 0 spiro atoms. The molecular formula is C48H56Cl2N6O7. The van der Waals surface area contributed by atoms with Crippen molar-refractivity contribution in [2.75, 3.05) is 36.9 Å². The summed E-state index contributed by atoms with van der Waals surface area (Å²) in [6.45, 7) is 12.8. The lowest BCUT2D eigenvalue weighted by Gasteiger charge is -2.24. The summed E-state index contributed by atoms with van der Waals surface area (Å²) in [5, 5.41) is 24.6. The number of carboxylic acids is 1. The zero-order chi connectivity index (χ0) is 45.4. The number of carbonyl (C=O) groups excluding carboxylic acids is 3. The van der Waals surface area contributed by atoms with E-state index in [4.69, 9.17) is 37.9 Å². The van der Waals surface area contributed by atoms with Gasteiger partial charge in [0.05, 0.1) is 23.8 Å². The van der Waals surface area contributed by atoms with Gasteiger partial charge in [-0.25, -0.2) is 0 Å². The van der Waals surface area contributed by atoms with E-state index in [1.807, 2.05) is 63.2 Å². The molecule has 334 valence electrons. The third-order valence-electron chi connectivity index (χ3n) is 13.3. The highest BCUT2D eigenvalue weighted by atomic mass is 35.5. The van der Waals surface area contributed by atoms with Crippen molar-refractivity contribution in [2.45, 2.75) is 109 Å². The number of ketones is 2. The fourth-order valence-corrected chi connectivity index (χ4v) is 10.3. The number of anilines is 1. The first kappa shape index (κ1) is 45.9. The molecule has 3 aromatic heterocycles. The number of fused-ring (bicyclic) bond motifs is 8. The summed E-state index contributed by atoms with van der Waals surface area (Å²) >= 11 is 12.0. The van der Waals surface area contributed by atoms with Crippen LogP contribution in [-0.4, -0.2) is 97.9 Å². The largest absolute Gasteiger partial charge is 0.480 e. The molecule has 0 fully saturated rings. The first-order valence-corrected chi connectivity index (χ1v) is 22.7. The van der Waals surface area contributed by atoms with E-state index in [0.29, 0.717) is 87.0 Å². The highest BCUT2D eigenvalue weighted by molar-refractivity contribution is 6.23. The molecule has 1 aliphatic carbocycles. The number of carbonyl (C=O) groups is 4. The number of alkyl halides is 2. The highest BCUT2D eigenvalue weighted by Crippen LogP contribution is 2.48. The number of aliphatic hydroxyl groups excluding tert-OH is 1. The van der Waals surface area contributed by atoms with Gasteiger partial charge in [-0.2, -0.15) is 0 Å². The number of aliphatic hydroxyl groups is 1. The van der Waals surface area contributed by atoms with Gasteiger partial charge in [-0.05, 0) is 93.5 Å². The van der Waals surface area contributed by atoms with Crippen molar-refractivity contribution in [3.63, 3.8) is 0 Å². The Labute approximate surface area is 377 Å². The van der Waals surface area contributed by atoms with Crippen molar-refractivity contribution >= 4 is 74.5 Å². The molecule has 5 N–H and O–H groups in total. The molecule has 15 heteroatoms. The molecule has 0 saturated carbocycles. The summed E-state index contributed by atoms with van der Waals surface area (Å²) in [6.07, 6.45) is 0.148. The van der Waals surface area contributed by atoms with Crippen molar-refractivity contribution in [2.24, 2.45) is 0 Å². The number of Topliss-reactive ketones (excluding diaryl/α,β-unsaturated/α-hetero) is 2. The maximum atomic E-state index is 14.4. The number of carboxylic acid groups (broad SMARTS) is 1. The Kier molecular flexibility index (Phi) is 13.8. The van der Waals surface area contributed by atoms with Gasteiger partial charge in [0, 0.05) is 99.0 Å². The molecule has 2 aliphatic heterocycles. The van der Waals surface area contributed by atoms with E-state index >= 15 is 0 Å². The van der Waals surface area contributed by atoms with Gasteiger partial charge in [0.25, 0.3) is 0 Å². The van der Waals surface area contributed by atoms with E-state index in [9.17, 15) is 29.4 Å². The number of aromatic nitrogens is 4. The third-order valence-corrected chi connectivity index (χ3v) is 13.7. The number of esters is 1. The number of hydrogen-bond acceptors (Lipinski definition) is 10. The highest BCUT2D eigenvalue weighted by Gasteiger charge is 2.45. The smallest absolute Gasteiger partial charge is 0.321 e. The molecule has 7 rings (SSSR count). The molecule has 0 amide bonds. The maximum absolute atomic E-state index is 14.4. The Hall–Kier alpha value is -5.08. The Morgan fingerprint density at radius 3 is 2.14 bits per heavy atom. The second-order valence-electron chi connectivity index (χ2n) is 17.1. The fourth-order valence-electron chi connectivity index (χ4n) is 9.86. The molecule has 3 aliphatic rings. The third kappa shape index (κ3) is 8.77. The van der Waals surface area contributed by atoms with E-state index < -0.39 is 36.0 Å². The predicted molar refractivity (Wildman–Crippen MR) is 246 cm³/mol. The molecule has 8 bridgehead atoms. The molecule has 5 heterocycles. The number of benzene rings is 1. The van der Waals surface area contributed by atoms with Crippen molar-refractivity contribution in [3.8, 4) is 0 Å². The van der Waals surface area contributed by atoms with Gasteiger partial charge in [0.1, 0.15) is 18.2 Å². The lowest BCUT2D eigenvalue weighted by Crippen LogP contribution is -2.44.